The van der Waals surface area contributed by atoms with Crippen LogP contribution in [0, 0.1) is 5.92 Å². The zero-order valence-corrected chi connectivity index (χ0v) is 18.4. The lowest BCUT2D eigenvalue weighted by Crippen LogP contribution is -2.54. The first kappa shape index (κ1) is 22.3. The number of likely N-dealkylation sites (tertiary alicyclic amines) is 1. The molecule has 1 saturated carbocycles. The summed E-state index contributed by atoms with van der Waals surface area (Å²) >= 11 is 0. The van der Waals surface area contributed by atoms with E-state index in [4.69, 9.17) is 9.73 Å². The van der Waals surface area contributed by atoms with E-state index in [0.29, 0.717) is 18.5 Å². The molecule has 0 atom stereocenters. The minimum atomic E-state index is 0.179. The summed E-state index contributed by atoms with van der Waals surface area (Å²) in [7, 11) is 1.77. The molecule has 0 unspecified atom stereocenters. The molecule has 8 heteroatoms. The second kappa shape index (κ2) is 11.7. The van der Waals surface area contributed by atoms with E-state index in [9.17, 15) is 4.79 Å². The molecular weight excluding hydrogens is 368 g/mol. The van der Waals surface area contributed by atoms with Crippen LogP contribution in [0.4, 0.5) is 0 Å². The number of nitrogens with one attached hydrogen (secondary N) is 2. The summed E-state index contributed by atoms with van der Waals surface area (Å²) in [4.78, 5) is 24.1. The molecule has 0 aromatic carbocycles. The van der Waals surface area contributed by atoms with E-state index in [1.165, 1.54) is 12.8 Å². The topological polar surface area (TPSA) is 72.4 Å². The number of carbonyl (C=O) groups excluding carboxylic acids is 1. The highest BCUT2D eigenvalue weighted by Gasteiger charge is 2.26. The van der Waals surface area contributed by atoms with Crippen LogP contribution >= 0.6 is 0 Å². The highest BCUT2D eigenvalue weighted by atomic mass is 16.5. The standard InChI is InChI=1S/C21H40N6O2/c1-3-22-21(23-16-18-6-8-25(9-7-18)14-15-29-2)27-12-10-26(11-13-27)17-20(28)24-19-4-5-19/h18-19H,3-17H2,1-2H3,(H,22,23)(H,24,28). The van der Waals surface area contributed by atoms with E-state index < -0.39 is 0 Å². The van der Waals surface area contributed by atoms with Crippen molar-refractivity contribution in [3.63, 3.8) is 0 Å². The Balaban J connectivity index is 1.39. The minimum absolute atomic E-state index is 0.179. The lowest BCUT2D eigenvalue weighted by molar-refractivity contribution is -0.122. The fraction of sp³-hybridized carbons (Fsp3) is 0.905. The average Bonchev–Trinajstić information content (AvgIpc) is 3.55. The maximum atomic E-state index is 12.0. The van der Waals surface area contributed by atoms with Crippen LogP contribution in [0.15, 0.2) is 4.99 Å². The molecule has 0 aromatic rings. The minimum Gasteiger partial charge on any atom is -0.383 e. The Labute approximate surface area is 176 Å². The quantitative estimate of drug-likeness (QED) is 0.420. The van der Waals surface area contributed by atoms with Gasteiger partial charge in [-0.05, 0) is 51.6 Å². The number of hydrogen-bond donors (Lipinski definition) is 2. The summed E-state index contributed by atoms with van der Waals surface area (Å²) in [6.07, 6.45) is 4.73. The Bertz CT molecular complexity index is 523. The smallest absolute Gasteiger partial charge is 0.234 e. The maximum absolute atomic E-state index is 12.0. The van der Waals surface area contributed by atoms with Gasteiger partial charge in [-0.25, -0.2) is 0 Å². The number of guanidine groups is 1. The fourth-order valence-corrected chi connectivity index (χ4v) is 4.08. The third kappa shape index (κ3) is 7.75. The van der Waals surface area contributed by atoms with Gasteiger partial charge < -0.3 is 25.2 Å². The van der Waals surface area contributed by atoms with Crippen LogP contribution in [-0.4, -0.2) is 112 Å². The molecule has 0 radical (unpaired) electrons. The van der Waals surface area contributed by atoms with Crippen molar-refractivity contribution in [2.45, 2.75) is 38.6 Å². The van der Waals surface area contributed by atoms with Crippen LogP contribution in [0.2, 0.25) is 0 Å². The molecule has 166 valence electrons. The maximum Gasteiger partial charge on any atom is 0.234 e. The summed E-state index contributed by atoms with van der Waals surface area (Å²) < 4.78 is 5.19. The lowest BCUT2D eigenvalue weighted by Gasteiger charge is -2.36. The molecule has 3 fully saturated rings. The number of methoxy groups -OCH3 is 1. The molecular formula is C21H40N6O2. The number of aliphatic imine (C=N–C) groups is 1. The second-order valence-corrected chi connectivity index (χ2v) is 8.58. The fourth-order valence-electron chi connectivity index (χ4n) is 4.08. The number of piperazine rings is 1. The van der Waals surface area contributed by atoms with Gasteiger partial charge in [-0.1, -0.05) is 0 Å². The van der Waals surface area contributed by atoms with E-state index in [0.717, 1.165) is 84.3 Å². The van der Waals surface area contributed by atoms with Gasteiger partial charge in [0.2, 0.25) is 5.91 Å². The third-order valence-electron chi connectivity index (χ3n) is 6.13. The van der Waals surface area contributed by atoms with Crippen molar-refractivity contribution in [3.8, 4) is 0 Å². The summed E-state index contributed by atoms with van der Waals surface area (Å²) in [6.45, 7) is 12.3. The zero-order valence-electron chi connectivity index (χ0n) is 18.4. The van der Waals surface area contributed by atoms with E-state index in [1.807, 2.05) is 0 Å². The molecule has 2 heterocycles. The molecule has 0 bridgehead atoms. The summed E-state index contributed by atoms with van der Waals surface area (Å²) in [6, 6.07) is 0.447. The molecule has 2 aliphatic heterocycles. The summed E-state index contributed by atoms with van der Waals surface area (Å²) in [5.41, 5.74) is 0. The number of carbonyl (C=O) groups is 1. The normalized spacial score (nSPS) is 22.7. The van der Waals surface area contributed by atoms with Crippen molar-refractivity contribution < 1.29 is 9.53 Å². The van der Waals surface area contributed by atoms with E-state index >= 15 is 0 Å². The number of nitrogens with zero attached hydrogens (tertiary/aromatic N) is 4. The van der Waals surface area contributed by atoms with Crippen LogP contribution in [0.3, 0.4) is 0 Å². The van der Waals surface area contributed by atoms with Crippen molar-refractivity contribution in [3.05, 3.63) is 0 Å². The molecule has 3 rings (SSSR count). The van der Waals surface area contributed by atoms with Crippen LogP contribution in [0.25, 0.3) is 0 Å². The molecule has 1 aliphatic carbocycles. The monoisotopic (exact) mass is 408 g/mol. The largest absolute Gasteiger partial charge is 0.383 e. The first-order chi connectivity index (χ1) is 14.2. The van der Waals surface area contributed by atoms with Gasteiger partial charge in [0.15, 0.2) is 5.96 Å². The molecule has 29 heavy (non-hydrogen) atoms. The Hall–Kier alpha value is -1.38. The van der Waals surface area contributed by atoms with Crippen LogP contribution in [0.5, 0.6) is 0 Å². The van der Waals surface area contributed by atoms with Gasteiger partial charge in [0.1, 0.15) is 0 Å². The molecule has 0 spiro atoms. The van der Waals surface area contributed by atoms with Gasteiger partial charge in [-0.3, -0.25) is 14.7 Å². The number of ether oxygens (including phenoxy) is 1. The zero-order chi connectivity index (χ0) is 20.5. The van der Waals surface area contributed by atoms with Gasteiger partial charge in [0, 0.05) is 59.0 Å². The van der Waals surface area contributed by atoms with Crippen LogP contribution in [-0.2, 0) is 9.53 Å². The number of piperidine rings is 1. The van der Waals surface area contributed by atoms with Gasteiger partial charge in [-0.15, -0.1) is 0 Å². The highest BCUT2D eigenvalue weighted by molar-refractivity contribution is 5.80. The van der Waals surface area contributed by atoms with Crippen molar-refractivity contribution in [1.29, 1.82) is 0 Å². The summed E-state index contributed by atoms with van der Waals surface area (Å²) in [5, 5.41) is 6.56. The molecule has 3 aliphatic rings. The van der Waals surface area contributed by atoms with Crippen molar-refractivity contribution in [2.75, 3.05) is 79.2 Å². The Morgan fingerprint density at radius 2 is 1.76 bits per heavy atom. The van der Waals surface area contributed by atoms with Gasteiger partial charge >= 0.3 is 0 Å². The van der Waals surface area contributed by atoms with E-state index in [2.05, 4.69) is 32.3 Å². The van der Waals surface area contributed by atoms with E-state index in [-0.39, 0.29) is 5.91 Å². The van der Waals surface area contributed by atoms with Gasteiger partial charge in [-0.2, -0.15) is 0 Å². The first-order valence-electron chi connectivity index (χ1n) is 11.4. The Kier molecular flexibility index (Phi) is 9.01. The van der Waals surface area contributed by atoms with E-state index in [1.54, 1.807) is 7.11 Å². The van der Waals surface area contributed by atoms with Gasteiger partial charge in [0.05, 0.1) is 13.2 Å². The third-order valence-corrected chi connectivity index (χ3v) is 6.13. The number of amides is 1. The van der Waals surface area contributed by atoms with Crippen molar-refractivity contribution >= 4 is 11.9 Å². The first-order valence-corrected chi connectivity index (χ1v) is 11.4. The lowest BCUT2D eigenvalue weighted by atomic mass is 9.97. The molecule has 2 saturated heterocycles. The Morgan fingerprint density at radius 1 is 1.03 bits per heavy atom. The van der Waals surface area contributed by atoms with Crippen molar-refractivity contribution in [2.24, 2.45) is 10.9 Å². The van der Waals surface area contributed by atoms with Crippen LogP contribution < -0.4 is 10.6 Å². The average molecular weight is 409 g/mol. The predicted molar refractivity (Wildman–Crippen MR) is 116 cm³/mol. The number of rotatable bonds is 9. The second-order valence-electron chi connectivity index (χ2n) is 8.58. The summed E-state index contributed by atoms with van der Waals surface area (Å²) in [5.74, 6) is 1.89. The van der Waals surface area contributed by atoms with Crippen LogP contribution in [0.1, 0.15) is 32.6 Å². The molecule has 0 aromatic heterocycles. The highest BCUT2D eigenvalue weighted by Crippen LogP contribution is 2.19. The predicted octanol–water partition coefficient (Wildman–Crippen LogP) is 0.207. The molecule has 1 amide bonds. The molecule has 8 nitrogen and oxygen atoms in total. The van der Waals surface area contributed by atoms with Gasteiger partial charge in [0.25, 0.3) is 0 Å². The SMILES string of the molecule is CCNC(=NCC1CCN(CCOC)CC1)N1CCN(CC(=O)NC2CC2)CC1. The number of hydrogen-bond acceptors (Lipinski definition) is 5. The van der Waals surface area contributed by atoms with Crippen molar-refractivity contribution in [1.82, 2.24) is 25.3 Å². The Morgan fingerprint density at radius 3 is 2.38 bits per heavy atom. The molecule has 2 N–H and O–H groups in total.